The SMILES string of the molecule is COc1ccc(C2CCN2CCN)cc1Cl. The molecule has 0 bridgehead atoms. The standard InChI is InChI=1S/C12H17ClN2O/c1-16-12-3-2-9(8-10(12)13)11-4-6-15(11)7-5-14/h2-3,8,11H,4-7,14H2,1H3. The Hall–Kier alpha value is -0.770. The summed E-state index contributed by atoms with van der Waals surface area (Å²) in [6, 6.07) is 6.48. The summed E-state index contributed by atoms with van der Waals surface area (Å²) in [5, 5.41) is 0.680. The molecule has 1 fully saturated rings. The van der Waals surface area contributed by atoms with Crippen molar-refractivity contribution in [3.63, 3.8) is 0 Å². The van der Waals surface area contributed by atoms with Crippen molar-refractivity contribution in [2.75, 3.05) is 26.7 Å². The maximum absolute atomic E-state index is 6.11. The van der Waals surface area contributed by atoms with Crippen LogP contribution in [0.5, 0.6) is 5.75 Å². The number of likely N-dealkylation sites (tertiary alicyclic amines) is 1. The molecule has 0 saturated carbocycles. The summed E-state index contributed by atoms with van der Waals surface area (Å²) in [5.41, 5.74) is 6.82. The van der Waals surface area contributed by atoms with Crippen molar-refractivity contribution in [2.24, 2.45) is 5.73 Å². The number of hydrogen-bond donors (Lipinski definition) is 1. The third kappa shape index (κ3) is 2.17. The first-order valence-corrected chi connectivity index (χ1v) is 5.91. The molecule has 16 heavy (non-hydrogen) atoms. The third-order valence-electron chi connectivity index (χ3n) is 3.11. The number of nitrogens with zero attached hydrogens (tertiary/aromatic N) is 1. The highest BCUT2D eigenvalue weighted by Gasteiger charge is 2.28. The van der Waals surface area contributed by atoms with Crippen molar-refractivity contribution in [1.29, 1.82) is 0 Å². The van der Waals surface area contributed by atoms with Crippen LogP contribution in [0.4, 0.5) is 0 Å². The van der Waals surface area contributed by atoms with Gasteiger partial charge in [-0.25, -0.2) is 0 Å². The Kier molecular flexibility index (Phi) is 3.69. The summed E-state index contributed by atoms with van der Waals surface area (Å²) in [6.07, 6.45) is 1.18. The molecule has 0 amide bonds. The molecule has 1 saturated heterocycles. The molecule has 3 nitrogen and oxygen atoms in total. The van der Waals surface area contributed by atoms with E-state index in [1.165, 1.54) is 12.0 Å². The molecular formula is C12H17ClN2O. The van der Waals surface area contributed by atoms with Crippen LogP contribution in [0.1, 0.15) is 18.0 Å². The topological polar surface area (TPSA) is 38.5 Å². The van der Waals surface area contributed by atoms with Crippen molar-refractivity contribution in [3.05, 3.63) is 28.8 Å². The molecule has 1 atom stereocenters. The van der Waals surface area contributed by atoms with E-state index in [0.29, 0.717) is 17.6 Å². The Morgan fingerprint density at radius 1 is 1.56 bits per heavy atom. The summed E-state index contributed by atoms with van der Waals surface area (Å²) in [5.74, 6) is 0.732. The van der Waals surface area contributed by atoms with Gasteiger partial charge in [0.2, 0.25) is 0 Å². The predicted molar refractivity (Wildman–Crippen MR) is 66.0 cm³/mol. The molecule has 0 spiro atoms. The van der Waals surface area contributed by atoms with Crippen LogP contribution in [0.3, 0.4) is 0 Å². The average Bonchev–Trinajstić information content (AvgIpc) is 2.25. The number of methoxy groups -OCH3 is 1. The molecule has 1 aliphatic rings. The van der Waals surface area contributed by atoms with Gasteiger partial charge in [0.05, 0.1) is 12.1 Å². The number of rotatable bonds is 4. The van der Waals surface area contributed by atoms with E-state index >= 15 is 0 Å². The Bertz CT molecular complexity index is 370. The zero-order chi connectivity index (χ0) is 11.5. The van der Waals surface area contributed by atoms with Crippen molar-refractivity contribution in [2.45, 2.75) is 12.5 Å². The number of benzene rings is 1. The van der Waals surface area contributed by atoms with Gasteiger partial charge in [0.25, 0.3) is 0 Å². The Morgan fingerprint density at radius 3 is 2.88 bits per heavy atom. The van der Waals surface area contributed by atoms with Gasteiger partial charge in [-0.1, -0.05) is 17.7 Å². The lowest BCUT2D eigenvalue weighted by Crippen LogP contribution is -2.43. The molecule has 1 aromatic carbocycles. The molecule has 4 heteroatoms. The monoisotopic (exact) mass is 240 g/mol. The number of hydrogen-bond acceptors (Lipinski definition) is 3. The smallest absolute Gasteiger partial charge is 0.137 e. The normalized spacial score (nSPS) is 20.6. The Balaban J connectivity index is 2.12. The molecule has 1 heterocycles. The maximum Gasteiger partial charge on any atom is 0.137 e. The fourth-order valence-electron chi connectivity index (χ4n) is 2.14. The van der Waals surface area contributed by atoms with Crippen molar-refractivity contribution in [3.8, 4) is 5.75 Å². The second-order valence-electron chi connectivity index (χ2n) is 4.02. The van der Waals surface area contributed by atoms with Gasteiger partial charge in [0.1, 0.15) is 5.75 Å². The van der Waals surface area contributed by atoms with E-state index < -0.39 is 0 Å². The lowest BCUT2D eigenvalue weighted by atomic mass is 9.95. The maximum atomic E-state index is 6.11. The van der Waals surface area contributed by atoms with Gasteiger partial charge >= 0.3 is 0 Å². The first-order valence-electron chi connectivity index (χ1n) is 5.54. The number of halogens is 1. The summed E-state index contributed by atoms with van der Waals surface area (Å²) in [6.45, 7) is 2.79. The van der Waals surface area contributed by atoms with Crippen LogP contribution >= 0.6 is 11.6 Å². The van der Waals surface area contributed by atoms with E-state index in [1.54, 1.807) is 7.11 Å². The molecule has 1 aliphatic heterocycles. The lowest BCUT2D eigenvalue weighted by molar-refractivity contribution is 0.0951. The molecule has 0 aliphatic carbocycles. The molecular weight excluding hydrogens is 224 g/mol. The fourth-order valence-corrected chi connectivity index (χ4v) is 2.41. The first-order chi connectivity index (χ1) is 7.76. The zero-order valence-electron chi connectivity index (χ0n) is 9.45. The summed E-state index contributed by atoms with van der Waals surface area (Å²) in [4.78, 5) is 2.37. The Labute approximate surface area is 101 Å². The minimum atomic E-state index is 0.479. The number of ether oxygens (including phenoxy) is 1. The van der Waals surface area contributed by atoms with Crippen LogP contribution in [0.2, 0.25) is 5.02 Å². The molecule has 88 valence electrons. The quantitative estimate of drug-likeness (QED) is 0.876. The first kappa shape index (κ1) is 11.7. The lowest BCUT2D eigenvalue weighted by Gasteiger charge is -2.41. The highest BCUT2D eigenvalue weighted by Crippen LogP contribution is 2.36. The van der Waals surface area contributed by atoms with Crippen LogP contribution in [-0.2, 0) is 0 Å². The minimum Gasteiger partial charge on any atom is -0.495 e. The van der Waals surface area contributed by atoms with Crippen LogP contribution in [0.15, 0.2) is 18.2 Å². The highest BCUT2D eigenvalue weighted by atomic mass is 35.5. The van der Waals surface area contributed by atoms with Gasteiger partial charge in [-0.3, -0.25) is 4.90 Å². The minimum absolute atomic E-state index is 0.479. The van der Waals surface area contributed by atoms with E-state index in [0.717, 1.165) is 18.8 Å². The van der Waals surface area contributed by atoms with Crippen molar-refractivity contribution < 1.29 is 4.74 Å². The van der Waals surface area contributed by atoms with E-state index in [4.69, 9.17) is 22.1 Å². The van der Waals surface area contributed by atoms with Crippen LogP contribution in [-0.4, -0.2) is 31.6 Å². The van der Waals surface area contributed by atoms with E-state index in [2.05, 4.69) is 11.0 Å². The second kappa shape index (κ2) is 5.04. The largest absolute Gasteiger partial charge is 0.495 e. The molecule has 1 aromatic rings. The predicted octanol–water partition coefficient (Wildman–Crippen LogP) is 2.05. The fraction of sp³-hybridized carbons (Fsp3) is 0.500. The van der Waals surface area contributed by atoms with Gasteiger partial charge < -0.3 is 10.5 Å². The molecule has 1 unspecified atom stereocenters. The van der Waals surface area contributed by atoms with E-state index in [1.807, 2.05) is 12.1 Å². The van der Waals surface area contributed by atoms with Gasteiger partial charge in [0.15, 0.2) is 0 Å². The van der Waals surface area contributed by atoms with Gasteiger partial charge in [-0.05, 0) is 24.1 Å². The van der Waals surface area contributed by atoms with Gasteiger partial charge in [0, 0.05) is 25.7 Å². The second-order valence-corrected chi connectivity index (χ2v) is 4.43. The van der Waals surface area contributed by atoms with Crippen molar-refractivity contribution in [1.82, 2.24) is 4.90 Å². The van der Waals surface area contributed by atoms with Crippen LogP contribution in [0, 0.1) is 0 Å². The summed E-state index contributed by atoms with van der Waals surface area (Å²) in [7, 11) is 1.63. The van der Waals surface area contributed by atoms with Gasteiger partial charge in [-0.15, -0.1) is 0 Å². The highest BCUT2D eigenvalue weighted by molar-refractivity contribution is 6.32. The van der Waals surface area contributed by atoms with E-state index in [9.17, 15) is 0 Å². The average molecular weight is 241 g/mol. The van der Waals surface area contributed by atoms with Crippen LogP contribution < -0.4 is 10.5 Å². The third-order valence-corrected chi connectivity index (χ3v) is 3.40. The number of nitrogens with two attached hydrogens (primary N) is 1. The van der Waals surface area contributed by atoms with Crippen molar-refractivity contribution >= 4 is 11.6 Å². The molecule has 2 rings (SSSR count). The molecule has 2 N–H and O–H groups in total. The van der Waals surface area contributed by atoms with Gasteiger partial charge in [-0.2, -0.15) is 0 Å². The van der Waals surface area contributed by atoms with E-state index in [-0.39, 0.29) is 0 Å². The Morgan fingerprint density at radius 2 is 2.38 bits per heavy atom. The van der Waals surface area contributed by atoms with Crippen LogP contribution in [0.25, 0.3) is 0 Å². The molecule has 0 radical (unpaired) electrons. The molecule has 0 aromatic heterocycles. The zero-order valence-corrected chi connectivity index (χ0v) is 10.2. The summed E-state index contributed by atoms with van der Waals surface area (Å²) >= 11 is 6.11. The summed E-state index contributed by atoms with van der Waals surface area (Å²) < 4.78 is 5.14.